The molecule has 1 saturated carbocycles. The third-order valence-electron chi connectivity index (χ3n) is 5.74. The fourth-order valence-electron chi connectivity index (χ4n) is 3.90. The second-order valence-corrected chi connectivity index (χ2v) is 9.10. The molecule has 3 N–H and O–H groups in total. The van der Waals surface area contributed by atoms with Gasteiger partial charge in [-0.3, -0.25) is 9.59 Å². The zero-order valence-corrected chi connectivity index (χ0v) is 15.7. The summed E-state index contributed by atoms with van der Waals surface area (Å²) < 4.78 is 0. The number of aliphatic hydroxyl groups excluding tert-OH is 1. The fourth-order valence-corrected chi connectivity index (χ4v) is 5.29. The van der Waals surface area contributed by atoms with Crippen molar-refractivity contribution in [1.29, 1.82) is 0 Å². The summed E-state index contributed by atoms with van der Waals surface area (Å²) in [5, 5.41) is 10.5. The van der Waals surface area contributed by atoms with Crippen molar-refractivity contribution in [3.05, 3.63) is 35.9 Å². The Morgan fingerprint density at radius 1 is 1.38 bits per heavy atom. The topological polar surface area (TPSA) is 86.9 Å². The van der Waals surface area contributed by atoms with Crippen molar-refractivity contribution >= 4 is 23.6 Å². The minimum Gasteiger partial charge on any atom is -0.382 e. The molecule has 3 fully saturated rings. The predicted octanol–water partition coefficient (Wildman–Crippen LogP) is 0.787. The van der Waals surface area contributed by atoms with E-state index in [0.29, 0.717) is 18.2 Å². The van der Waals surface area contributed by atoms with E-state index < -0.39 is 24.1 Å². The van der Waals surface area contributed by atoms with Crippen LogP contribution >= 0.6 is 11.8 Å². The van der Waals surface area contributed by atoms with Gasteiger partial charge in [0.15, 0.2) is 0 Å². The van der Waals surface area contributed by atoms with Crippen molar-refractivity contribution in [2.75, 3.05) is 12.4 Å². The summed E-state index contributed by atoms with van der Waals surface area (Å²) in [7, 11) is 0. The number of carbonyl (C=O) groups excluding carboxylic acids is 2. The minimum atomic E-state index is -1.30. The van der Waals surface area contributed by atoms with E-state index in [2.05, 4.69) is 0 Å². The van der Waals surface area contributed by atoms with Gasteiger partial charge < -0.3 is 20.6 Å². The predicted molar refractivity (Wildman–Crippen MR) is 100 cm³/mol. The Labute approximate surface area is 157 Å². The number of benzene rings is 1. The van der Waals surface area contributed by atoms with Crippen LogP contribution in [0.15, 0.2) is 30.3 Å². The van der Waals surface area contributed by atoms with Gasteiger partial charge in [-0.25, -0.2) is 0 Å². The molecule has 1 aromatic carbocycles. The first-order valence-electron chi connectivity index (χ1n) is 9.15. The fraction of sp³-hybridized carbons (Fsp3) is 0.579. The molecule has 4 atom stereocenters. The molecule has 4 rings (SSSR count). The molecule has 1 aliphatic carbocycles. The molecule has 0 aromatic heterocycles. The quantitative estimate of drug-likeness (QED) is 0.718. The van der Waals surface area contributed by atoms with E-state index in [1.807, 2.05) is 42.2 Å². The average molecular weight is 375 g/mol. The Morgan fingerprint density at radius 3 is 2.73 bits per heavy atom. The molecule has 1 unspecified atom stereocenters. The Kier molecular flexibility index (Phi) is 4.49. The third-order valence-corrected chi connectivity index (χ3v) is 7.18. The molecular weight excluding hydrogens is 350 g/mol. The first kappa shape index (κ1) is 17.8. The lowest BCUT2D eigenvalue weighted by atomic mass is 9.92. The van der Waals surface area contributed by atoms with Gasteiger partial charge in [-0.05, 0) is 37.7 Å². The van der Waals surface area contributed by atoms with Gasteiger partial charge in [-0.15, -0.1) is 11.8 Å². The summed E-state index contributed by atoms with van der Waals surface area (Å²) in [5.74, 6) is 0.602. The Balaban J connectivity index is 1.41. The van der Waals surface area contributed by atoms with Gasteiger partial charge >= 0.3 is 0 Å². The highest BCUT2D eigenvalue weighted by Gasteiger charge is 2.65. The van der Waals surface area contributed by atoms with E-state index in [1.165, 1.54) is 17.7 Å². The summed E-state index contributed by atoms with van der Waals surface area (Å²) >= 11 is 1.60. The van der Waals surface area contributed by atoms with Crippen LogP contribution in [0.25, 0.3) is 0 Å². The number of hydrogen-bond donors (Lipinski definition) is 2. The lowest BCUT2D eigenvalue weighted by molar-refractivity contribution is -0.167. The largest absolute Gasteiger partial charge is 0.382 e. The van der Waals surface area contributed by atoms with Crippen molar-refractivity contribution < 1.29 is 14.7 Å². The van der Waals surface area contributed by atoms with E-state index in [4.69, 9.17) is 5.73 Å². The van der Waals surface area contributed by atoms with Crippen molar-refractivity contribution in [3.8, 4) is 0 Å². The number of fused-ring (bicyclic) bond motifs is 1. The number of aliphatic hydroxyl groups is 1. The number of nitrogens with zero attached hydrogens (tertiary/aromatic N) is 2. The molecule has 26 heavy (non-hydrogen) atoms. The lowest BCUT2D eigenvalue weighted by Crippen LogP contribution is -2.74. The highest BCUT2D eigenvalue weighted by Crippen LogP contribution is 2.52. The third kappa shape index (κ3) is 2.92. The van der Waals surface area contributed by atoms with Crippen molar-refractivity contribution in [1.82, 2.24) is 9.80 Å². The smallest absolute Gasteiger partial charge is 0.254 e. The van der Waals surface area contributed by atoms with Gasteiger partial charge in [0.1, 0.15) is 17.0 Å². The Bertz CT molecular complexity index is 711. The van der Waals surface area contributed by atoms with Crippen LogP contribution in [0.5, 0.6) is 0 Å². The van der Waals surface area contributed by atoms with Crippen LogP contribution < -0.4 is 5.73 Å². The van der Waals surface area contributed by atoms with Gasteiger partial charge in [0.05, 0.1) is 5.88 Å². The molecule has 0 spiro atoms. The van der Waals surface area contributed by atoms with E-state index in [0.717, 1.165) is 12.1 Å². The van der Waals surface area contributed by atoms with Crippen LogP contribution in [0.4, 0.5) is 0 Å². The van der Waals surface area contributed by atoms with Crippen LogP contribution in [-0.4, -0.2) is 62.2 Å². The second kappa shape index (κ2) is 6.55. The lowest BCUT2D eigenvalue weighted by Gasteiger charge is -2.53. The van der Waals surface area contributed by atoms with Gasteiger partial charge in [-0.2, -0.15) is 0 Å². The van der Waals surface area contributed by atoms with E-state index in [-0.39, 0.29) is 10.8 Å². The van der Waals surface area contributed by atoms with Crippen LogP contribution in [0.1, 0.15) is 25.3 Å². The number of likely N-dealkylation sites (tertiary alicyclic amines) is 1. The molecule has 1 aromatic rings. The summed E-state index contributed by atoms with van der Waals surface area (Å²) in [5.41, 5.74) is 7.06. The maximum absolute atomic E-state index is 12.8. The molecule has 6 nitrogen and oxygen atoms in total. The van der Waals surface area contributed by atoms with E-state index in [1.54, 1.807) is 11.8 Å². The summed E-state index contributed by atoms with van der Waals surface area (Å²) in [6.45, 7) is 2.81. The number of thioether (sulfide) groups is 1. The summed E-state index contributed by atoms with van der Waals surface area (Å²) in [4.78, 5) is 28.5. The highest BCUT2D eigenvalue weighted by molar-refractivity contribution is 8.01. The zero-order valence-electron chi connectivity index (χ0n) is 14.9. The molecule has 140 valence electrons. The highest BCUT2D eigenvalue weighted by atomic mass is 32.2. The van der Waals surface area contributed by atoms with Crippen molar-refractivity contribution in [3.63, 3.8) is 0 Å². The monoisotopic (exact) mass is 375 g/mol. The van der Waals surface area contributed by atoms with E-state index in [9.17, 15) is 14.7 Å². The molecule has 0 radical (unpaired) electrons. The number of carbonyl (C=O) groups is 2. The number of rotatable bonds is 6. The molecule has 7 heteroatoms. The normalized spacial score (nSPS) is 30.0. The maximum Gasteiger partial charge on any atom is 0.254 e. The molecule has 2 heterocycles. The zero-order chi connectivity index (χ0) is 18.5. The van der Waals surface area contributed by atoms with Gasteiger partial charge in [0, 0.05) is 12.6 Å². The van der Waals surface area contributed by atoms with Crippen LogP contribution in [0.2, 0.25) is 0 Å². The number of amides is 2. The minimum absolute atomic E-state index is 0.00146. The molecular formula is C19H25N3O3S. The van der Waals surface area contributed by atoms with Crippen LogP contribution in [0.3, 0.4) is 0 Å². The summed E-state index contributed by atoms with van der Waals surface area (Å²) in [6, 6.07) is 8.39. The van der Waals surface area contributed by atoms with Gasteiger partial charge in [0.2, 0.25) is 5.91 Å². The van der Waals surface area contributed by atoms with Gasteiger partial charge in [0.25, 0.3) is 5.91 Å². The Hall–Kier alpha value is -1.57. The molecule has 2 saturated heterocycles. The molecule has 3 aliphatic rings. The standard InChI is InChI=1S/C19H25N3O3S/c1-19-16(18(25)22(19)10-13-7-8-13)21(11-26-19)17(24)15(23)14(20)9-12-5-3-2-4-6-12/h2-6,13-16,23H,7-11,20H2,1H3/t14-,15-,16+,19?/m0/s1. The van der Waals surface area contributed by atoms with Crippen molar-refractivity contribution in [2.24, 2.45) is 11.7 Å². The van der Waals surface area contributed by atoms with Crippen LogP contribution in [0, 0.1) is 5.92 Å². The van der Waals surface area contributed by atoms with E-state index >= 15 is 0 Å². The van der Waals surface area contributed by atoms with Crippen molar-refractivity contribution in [2.45, 2.75) is 49.2 Å². The summed E-state index contributed by atoms with van der Waals surface area (Å²) in [6.07, 6.45) is 1.48. The second-order valence-electron chi connectivity index (χ2n) is 7.73. The first-order valence-corrected chi connectivity index (χ1v) is 10.1. The molecule has 0 bridgehead atoms. The average Bonchev–Trinajstić information content (AvgIpc) is 3.41. The Morgan fingerprint density at radius 2 is 2.08 bits per heavy atom. The first-order chi connectivity index (χ1) is 12.4. The SMILES string of the molecule is CC12SCN(C(=O)[C@@H](O)[C@@H](N)Cc3ccccc3)[C@@H]1C(=O)N2CC1CC1. The van der Waals surface area contributed by atoms with Crippen LogP contribution in [-0.2, 0) is 16.0 Å². The number of β-lactam (4-membered cyclic amide) rings is 1. The number of hydrogen-bond acceptors (Lipinski definition) is 5. The molecule has 2 aliphatic heterocycles. The van der Waals surface area contributed by atoms with Gasteiger partial charge in [-0.1, -0.05) is 30.3 Å². The molecule has 2 amide bonds. The maximum atomic E-state index is 12.8. The number of nitrogens with two attached hydrogens (primary N) is 1.